The Morgan fingerprint density at radius 1 is 1.00 bits per heavy atom. The molecule has 2 heteroatoms. The Morgan fingerprint density at radius 2 is 1.40 bits per heavy atom. The average molecular weight is 208 g/mol. The van der Waals surface area contributed by atoms with E-state index in [1.165, 1.54) is 0 Å². The highest BCUT2D eigenvalue weighted by molar-refractivity contribution is 5.46. The molecule has 0 aliphatic heterocycles. The summed E-state index contributed by atoms with van der Waals surface area (Å²) in [6.07, 6.45) is 0. The van der Waals surface area contributed by atoms with Crippen LogP contribution in [0.3, 0.4) is 0 Å². The summed E-state index contributed by atoms with van der Waals surface area (Å²) in [6, 6.07) is 3.76. The summed E-state index contributed by atoms with van der Waals surface area (Å²) < 4.78 is 0. The van der Waals surface area contributed by atoms with E-state index < -0.39 is 0 Å². The number of phenolic OH excluding ortho intramolecular Hbond substituents is 1. The number of aromatic hydroxyl groups is 1. The highest BCUT2D eigenvalue weighted by Crippen LogP contribution is 2.34. The number of aliphatic hydroxyl groups excluding tert-OH is 1. The third-order valence-corrected chi connectivity index (χ3v) is 2.66. The highest BCUT2D eigenvalue weighted by Gasteiger charge is 2.14. The lowest BCUT2D eigenvalue weighted by atomic mass is 9.92. The first-order valence-electron chi connectivity index (χ1n) is 5.43. The van der Waals surface area contributed by atoms with Crippen molar-refractivity contribution in [2.45, 2.75) is 46.1 Å². The van der Waals surface area contributed by atoms with Gasteiger partial charge >= 0.3 is 0 Å². The van der Waals surface area contributed by atoms with Gasteiger partial charge in [0.25, 0.3) is 0 Å². The first-order chi connectivity index (χ1) is 6.97. The van der Waals surface area contributed by atoms with Crippen LogP contribution >= 0.6 is 0 Å². The van der Waals surface area contributed by atoms with Gasteiger partial charge in [0, 0.05) is 0 Å². The molecule has 0 aromatic heterocycles. The normalized spacial score (nSPS) is 11.4. The van der Waals surface area contributed by atoms with Crippen molar-refractivity contribution >= 4 is 0 Å². The molecule has 15 heavy (non-hydrogen) atoms. The topological polar surface area (TPSA) is 40.5 Å². The van der Waals surface area contributed by atoms with Crippen LogP contribution in [0.5, 0.6) is 5.75 Å². The second-order valence-electron chi connectivity index (χ2n) is 4.59. The van der Waals surface area contributed by atoms with Crippen LogP contribution in [-0.4, -0.2) is 10.2 Å². The van der Waals surface area contributed by atoms with Gasteiger partial charge in [-0.2, -0.15) is 0 Å². The molecule has 0 saturated carbocycles. The van der Waals surface area contributed by atoms with Crippen molar-refractivity contribution in [3.8, 4) is 5.75 Å². The van der Waals surface area contributed by atoms with Crippen molar-refractivity contribution in [2.75, 3.05) is 0 Å². The van der Waals surface area contributed by atoms with Crippen LogP contribution in [0.4, 0.5) is 0 Å². The van der Waals surface area contributed by atoms with E-state index in [0.29, 0.717) is 5.75 Å². The lowest BCUT2D eigenvalue weighted by Crippen LogP contribution is -1.98. The Kier molecular flexibility index (Phi) is 3.75. The fraction of sp³-hybridized carbons (Fsp3) is 0.538. The predicted molar refractivity (Wildman–Crippen MR) is 62.2 cm³/mol. The van der Waals surface area contributed by atoms with E-state index in [9.17, 15) is 5.11 Å². The molecule has 0 saturated heterocycles. The molecule has 0 unspecified atom stereocenters. The number of phenols is 1. The molecule has 0 aliphatic rings. The molecule has 0 bridgehead atoms. The van der Waals surface area contributed by atoms with Crippen LogP contribution in [0.15, 0.2) is 12.1 Å². The molecule has 2 N–H and O–H groups in total. The van der Waals surface area contributed by atoms with Crippen LogP contribution in [0.25, 0.3) is 0 Å². The molecule has 0 aliphatic carbocycles. The van der Waals surface area contributed by atoms with E-state index in [1.54, 1.807) is 0 Å². The van der Waals surface area contributed by atoms with Crippen LogP contribution in [-0.2, 0) is 6.61 Å². The molecule has 1 rings (SSSR count). The van der Waals surface area contributed by atoms with Gasteiger partial charge in [-0.25, -0.2) is 0 Å². The lowest BCUT2D eigenvalue weighted by Gasteiger charge is -2.16. The molecular formula is C13H20O2. The number of hydrogen-bond acceptors (Lipinski definition) is 2. The minimum Gasteiger partial charge on any atom is -0.507 e. The van der Waals surface area contributed by atoms with Crippen LogP contribution in [0.2, 0.25) is 0 Å². The SMILES string of the molecule is CC(C)c1cc(CO)cc(C(C)C)c1O. The molecule has 0 spiro atoms. The smallest absolute Gasteiger partial charge is 0.122 e. The fourth-order valence-corrected chi connectivity index (χ4v) is 1.72. The first kappa shape index (κ1) is 12.1. The van der Waals surface area contributed by atoms with Crippen molar-refractivity contribution in [3.05, 3.63) is 28.8 Å². The molecule has 0 fully saturated rings. The quantitative estimate of drug-likeness (QED) is 0.801. The third kappa shape index (κ3) is 2.51. The Bertz CT molecular complexity index is 311. The molecule has 1 aromatic rings. The van der Waals surface area contributed by atoms with Crippen molar-refractivity contribution in [2.24, 2.45) is 0 Å². The van der Waals surface area contributed by atoms with Gasteiger partial charge < -0.3 is 10.2 Å². The summed E-state index contributed by atoms with van der Waals surface area (Å²) in [5.74, 6) is 0.931. The second kappa shape index (κ2) is 4.67. The highest BCUT2D eigenvalue weighted by atomic mass is 16.3. The van der Waals surface area contributed by atoms with E-state index in [2.05, 4.69) is 0 Å². The largest absolute Gasteiger partial charge is 0.507 e. The zero-order valence-corrected chi connectivity index (χ0v) is 9.91. The van der Waals surface area contributed by atoms with Gasteiger partial charge in [-0.05, 0) is 40.7 Å². The van der Waals surface area contributed by atoms with Crippen LogP contribution < -0.4 is 0 Å². The molecule has 0 heterocycles. The summed E-state index contributed by atoms with van der Waals surface area (Å²) >= 11 is 0. The molecule has 84 valence electrons. The van der Waals surface area contributed by atoms with E-state index >= 15 is 0 Å². The predicted octanol–water partition coefficient (Wildman–Crippen LogP) is 3.13. The summed E-state index contributed by atoms with van der Waals surface area (Å²) in [7, 11) is 0. The summed E-state index contributed by atoms with van der Waals surface area (Å²) in [4.78, 5) is 0. The Labute approximate surface area is 91.6 Å². The third-order valence-electron chi connectivity index (χ3n) is 2.66. The Balaban J connectivity index is 3.33. The minimum atomic E-state index is 0.0275. The van der Waals surface area contributed by atoms with Crippen molar-refractivity contribution in [1.29, 1.82) is 0 Å². The Morgan fingerprint density at radius 3 is 1.67 bits per heavy atom. The number of aliphatic hydroxyl groups is 1. The number of benzene rings is 1. The number of hydrogen-bond donors (Lipinski definition) is 2. The maximum Gasteiger partial charge on any atom is 0.122 e. The van der Waals surface area contributed by atoms with Crippen molar-refractivity contribution in [3.63, 3.8) is 0 Å². The van der Waals surface area contributed by atoms with Crippen LogP contribution in [0, 0.1) is 0 Å². The number of rotatable bonds is 3. The molecule has 2 nitrogen and oxygen atoms in total. The van der Waals surface area contributed by atoms with Gasteiger partial charge in [0.15, 0.2) is 0 Å². The minimum absolute atomic E-state index is 0.0275. The van der Waals surface area contributed by atoms with Gasteiger partial charge in [-0.3, -0.25) is 0 Å². The zero-order chi connectivity index (χ0) is 11.6. The first-order valence-corrected chi connectivity index (χ1v) is 5.43. The van der Waals surface area contributed by atoms with Gasteiger partial charge in [-0.1, -0.05) is 27.7 Å². The van der Waals surface area contributed by atoms with Crippen molar-refractivity contribution in [1.82, 2.24) is 0 Å². The van der Waals surface area contributed by atoms with Gasteiger partial charge in [0.1, 0.15) is 5.75 Å². The van der Waals surface area contributed by atoms with E-state index in [1.807, 2.05) is 39.8 Å². The molecule has 0 amide bonds. The molecule has 0 atom stereocenters. The van der Waals surface area contributed by atoms with E-state index in [0.717, 1.165) is 16.7 Å². The summed E-state index contributed by atoms with van der Waals surface area (Å²) in [6.45, 7) is 8.20. The standard InChI is InChI=1S/C13H20O2/c1-8(2)11-5-10(7-14)6-12(9(3)4)13(11)15/h5-6,8-9,14-15H,7H2,1-4H3. The van der Waals surface area contributed by atoms with Crippen LogP contribution in [0.1, 0.15) is 56.2 Å². The van der Waals surface area contributed by atoms with Crippen molar-refractivity contribution < 1.29 is 10.2 Å². The monoisotopic (exact) mass is 208 g/mol. The molecular weight excluding hydrogens is 188 g/mol. The maximum atomic E-state index is 10.1. The van der Waals surface area contributed by atoms with Gasteiger partial charge in [-0.15, -0.1) is 0 Å². The fourth-order valence-electron chi connectivity index (χ4n) is 1.72. The maximum absolute atomic E-state index is 10.1. The lowest BCUT2D eigenvalue weighted by molar-refractivity contribution is 0.281. The average Bonchev–Trinajstić information content (AvgIpc) is 2.17. The second-order valence-corrected chi connectivity index (χ2v) is 4.59. The zero-order valence-electron chi connectivity index (χ0n) is 9.91. The van der Waals surface area contributed by atoms with Gasteiger partial charge in [0.2, 0.25) is 0 Å². The Hall–Kier alpha value is -1.02. The van der Waals surface area contributed by atoms with E-state index in [-0.39, 0.29) is 18.4 Å². The molecule has 0 radical (unpaired) electrons. The van der Waals surface area contributed by atoms with Gasteiger partial charge in [0.05, 0.1) is 6.61 Å². The molecule has 1 aromatic carbocycles. The summed E-state index contributed by atoms with van der Waals surface area (Å²) in [5, 5.41) is 19.2. The van der Waals surface area contributed by atoms with E-state index in [4.69, 9.17) is 5.11 Å². The summed E-state index contributed by atoms with van der Waals surface area (Å²) in [5.41, 5.74) is 2.72.